The van der Waals surface area contributed by atoms with E-state index in [4.69, 9.17) is 0 Å². The van der Waals surface area contributed by atoms with Gasteiger partial charge in [-0.05, 0) is 24.3 Å². The van der Waals surface area contributed by atoms with Crippen molar-refractivity contribution >= 4 is 41.3 Å². The van der Waals surface area contributed by atoms with Crippen LogP contribution >= 0.6 is 23.5 Å². The van der Waals surface area contributed by atoms with Crippen LogP contribution in [0.25, 0.3) is 0 Å². The molecule has 0 aliphatic rings. The lowest BCUT2D eigenvalue weighted by Gasteiger charge is -2.07. The number of thioether (sulfide) groups is 2. The van der Waals surface area contributed by atoms with Crippen LogP contribution in [0.5, 0.6) is 0 Å². The molecule has 0 bridgehead atoms. The van der Waals surface area contributed by atoms with Gasteiger partial charge in [0.1, 0.15) is 0 Å². The number of amides is 1. The SMILES string of the molecule is O=C(C=C(Sc1ccccc1)Sc1ccccc1)N/N=C/c1cccc([N+](=O)[O-])c1. The fourth-order valence-electron chi connectivity index (χ4n) is 2.32. The largest absolute Gasteiger partial charge is 0.270 e. The Kier molecular flexibility index (Phi) is 7.82. The molecule has 30 heavy (non-hydrogen) atoms. The summed E-state index contributed by atoms with van der Waals surface area (Å²) in [5, 5.41) is 14.7. The first-order chi connectivity index (χ1) is 14.6. The summed E-state index contributed by atoms with van der Waals surface area (Å²) >= 11 is 2.97. The summed E-state index contributed by atoms with van der Waals surface area (Å²) in [6.07, 6.45) is 2.85. The normalized spacial score (nSPS) is 10.5. The summed E-state index contributed by atoms with van der Waals surface area (Å²) in [5.74, 6) is -0.390. The van der Waals surface area contributed by atoms with E-state index in [0.717, 1.165) is 14.0 Å². The number of benzene rings is 3. The summed E-state index contributed by atoms with van der Waals surface area (Å²) in [6.45, 7) is 0. The third-order valence-corrected chi connectivity index (χ3v) is 5.80. The third kappa shape index (κ3) is 6.91. The number of nitro groups is 1. The van der Waals surface area contributed by atoms with Crippen LogP contribution < -0.4 is 5.43 Å². The molecule has 0 spiro atoms. The van der Waals surface area contributed by atoms with Gasteiger partial charge in [-0.2, -0.15) is 5.10 Å². The molecule has 0 heterocycles. The smallest absolute Gasteiger partial charge is 0.268 e. The molecule has 0 unspecified atom stereocenters. The van der Waals surface area contributed by atoms with Gasteiger partial charge in [0, 0.05) is 33.6 Å². The van der Waals surface area contributed by atoms with Gasteiger partial charge in [0.2, 0.25) is 0 Å². The maximum atomic E-state index is 12.4. The Labute approximate surface area is 182 Å². The Hall–Kier alpha value is -3.36. The van der Waals surface area contributed by atoms with E-state index < -0.39 is 10.8 Å². The summed E-state index contributed by atoms with van der Waals surface area (Å²) < 4.78 is 0.787. The monoisotopic (exact) mass is 435 g/mol. The average molecular weight is 436 g/mol. The zero-order chi connectivity index (χ0) is 21.2. The van der Waals surface area contributed by atoms with Crippen molar-refractivity contribution in [1.82, 2.24) is 5.43 Å². The van der Waals surface area contributed by atoms with Crippen LogP contribution in [0.4, 0.5) is 5.69 Å². The van der Waals surface area contributed by atoms with Crippen molar-refractivity contribution in [2.45, 2.75) is 9.79 Å². The molecule has 3 aromatic rings. The highest BCUT2D eigenvalue weighted by Gasteiger charge is 2.07. The lowest BCUT2D eigenvalue weighted by Crippen LogP contribution is -2.14. The topological polar surface area (TPSA) is 84.6 Å². The van der Waals surface area contributed by atoms with E-state index >= 15 is 0 Å². The van der Waals surface area contributed by atoms with Crippen LogP contribution in [0.15, 0.2) is 110 Å². The van der Waals surface area contributed by atoms with Gasteiger partial charge in [0.15, 0.2) is 0 Å². The summed E-state index contributed by atoms with van der Waals surface area (Å²) in [5.41, 5.74) is 2.92. The quantitative estimate of drug-likeness (QED) is 0.167. The Morgan fingerprint density at radius 1 is 0.900 bits per heavy atom. The van der Waals surface area contributed by atoms with Gasteiger partial charge in [-0.15, -0.1) is 0 Å². The molecule has 1 N–H and O–H groups in total. The van der Waals surface area contributed by atoms with E-state index in [1.807, 2.05) is 60.7 Å². The summed E-state index contributed by atoms with van der Waals surface area (Å²) in [6, 6.07) is 25.5. The lowest BCUT2D eigenvalue weighted by molar-refractivity contribution is -0.384. The Morgan fingerprint density at radius 2 is 1.50 bits per heavy atom. The second kappa shape index (κ2) is 11.0. The van der Waals surface area contributed by atoms with Crippen LogP contribution in [0.2, 0.25) is 0 Å². The first kappa shape index (κ1) is 21.4. The molecule has 0 aromatic heterocycles. The van der Waals surface area contributed by atoms with Crippen molar-refractivity contribution in [3.05, 3.63) is 111 Å². The van der Waals surface area contributed by atoms with Crippen molar-refractivity contribution < 1.29 is 9.72 Å². The van der Waals surface area contributed by atoms with E-state index in [2.05, 4.69) is 10.5 Å². The molecule has 150 valence electrons. The first-order valence-corrected chi connectivity index (χ1v) is 10.5. The number of carbonyl (C=O) groups excluding carboxylic acids is 1. The number of rotatable bonds is 8. The van der Waals surface area contributed by atoms with Gasteiger partial charge in [-0.1, -0.05) is 72.1 Å². The van der Waals surface area contributed by atoms with Crippen molar-refractivity contribution in [3.8, 4) is 0 Å². The van der Waals surface area contributed by atoms with Crippen LogP contribution in [0.3, 0.4) is 0 Å². The summed E-state index contributed by atoms with van der Waals surface area (Å²) in [4.78, 5) is 24.7. The Bertz CT molecular complexity index is 1030. The Balaban J connectivity index is 1.70. The van der Waals surface area contributed by atoms with Gasteiger partial charge >= 0.3 is 0 Å². The zero-order valence-corrected chi connectivity index (χ0v) is 17.3. The number of nitrogens with zero attached hydrogens (tertiary/aromatic N) is 2. The molecule has 0 radical (unpaired) electrons. The number of carbonyl (C=O) groups is 1. The third-order valence-electron chi connectivity index (χ3n) is 3.64. The number of hydrazone groups is 1. The molecule has 6 nitrogen and oxygen atoms in total. The minimum absolute atomic E-state index is 0.0361. The molecule has 0 aliphatic carbocycles. The Morgan fingerprint density at radius 3 is 2.07 bits per heavy atom. The zero-order valence-electron chi connectivity index (χ0n) is 15.7. The van der Waals surface area contributed by atoms with Crippen LogP contribution in [-0.2, 0) is 4.79 Å². The molecular weight excluding hydrogens is 418 g/mol. The van der Waals surface area contributed by atoms with Crippen molar-refractivity contribution in [3.63, 3.8) is 0 Å². The minimum atomic E-state index is -0.480. The molecule has 3 rings (SSSR count). The summed E-state index contributed by atoms with van der Waals surface area (Å²) in [7, 11) is 0. The lowest BCUT2D eigenvalue weighted by atomic mass is 10.2. The predicted molar refractivity (Wildman–Crippen MR) is 122 cm³/mol. The highest BCUT2D eigenvalue weighted by Crippen LogP contribution is 2.38. The molecular formula is C22H17N3O3S2. The molecule has 0 saturated heterocycles. The highest BCUT2D eigenvalue weighted by atomic mass is 32.2. The maximum Gasteiger partial charge on any atom is 0.270 e. The first-order valence-electron chi connectivity index (χ1n) is 8.85. The van der Waals surface area contributed by atoms with Gasteiger partial charge < -0.3 is 0 Å². The fraction of sp³-hybridized carbons (Fsp3) is 0. The minimum Gasteiger partial charge on any atom is -0.268 e. The van der Waals surface area contributed by atoms with Crippen LogP contribution in [0.1, 0.15) is 5.56 Å². The average Bonchev–Trinajstić information content (AvgIpc) is 2.75. The molecule has 1 amide bonds. The van der Waals surface area contributed by atoms with Gasteiger partial charge in [-0.25, -0.2) is 5.43 Å². The molecule has 0 atom stereocenters. The van der Waals surface area contributed by atoms with E-state index in [0.29, 0.717) is 5.56 Å². The number of hydrogen-bond donors (Lipinski definition) is 1. The fourth-order valence-corrected chi connectivity index (χ4v) is 4.44. The van der Waals surface area contributed by atoms with Crippen molar-refractivity contribution in [2.24, 2.45) is 5.10 Å². The van der Waals surface area contributed by atoms with E-state index in [-0.39, 0.29) is 5.69 Å². The maximum absolute atomic E-state index is 12.4. The standard InChI is InChI=1S/C22H17N3O3S2/c26-21(24-23-16-17-8-7-9-18(14-17)25(27)28)15-22(29-19-10-3-1-4-11-19)30-20-12-5-2-6-13-20/h1-16H,(H,24,26)/b23-16+. The second-order valence-corrected chi connectivity index (χ2v) is 8.37. The molecule has 0 fully saturated rings. The van der Waals surface area contributed by atoms with Gasteiger partial charge in [-0.3, -0.25) is 14.9 Å². The molecule has 3 aromatic carbocycles. The number of non-ortho nitro benzene ring substituents is 1. The van der Waals surface area contributed by atoms with Crippen LogP contribution in [0, 0.1) is 10.1 Å². The van der Waals surface area contributed by atoms with Gasteiger partial charge in [0.25, 0.3) is 11.6 Å². The molecule has 8 heteroatoms. The van der Waals surface area contributed by atoms with E-state index in [9.17, 15) is 14.9 Å². The van der Waals surface area contributed by atoms with E-state index in [1.54, 1.807) is 12.1 Å². The number of hydrogen-bond acceptors (Lipinski definition) is 6. The second-order valence-electron chi connectivity index (χ2n) is 5.88. The predicted octanol–water partition coefficient (Wildman–Crippen LogP) is 5.47. The highest BCUT2D eigenvalue weighted by molar-refractivity contribution is 8.22. The number of nitro benzene ring substituents is 1. The molecule has 0 aliphatic heterocycles. The van der Waals surface area contributed by atoms with E-state index in [1.165, 1.54) is 47.9 Å². The number of nitrogens with one attached hydrogen (secondary N) is 1. The van der Waals surface area contributed by atoms with Gasteiger partial charge in [0.05, 0.1) is 15.4 Å². The van der Waals surface area contributed by atoms with Crippen LogP contribution in [-0.4, -0.2) is 17.0 Å². The molecule has 0 saturated carbocycles. The van der Waals surface area contributed by atoms with Crippen molar-refractivity contribution in [1.29, 1.82) is 0 Å². The van der Waals surface area contributed by atoms with Crippen molar-refractivity contribution in [2.75, 3.05) is 0 Å².